The third kappa shape index (κ3) is 1.58. The molecule has 0 saturated heterocycles. The van der Waals surface area contributed by atoms with Crippen LogP contribution in [0.15, 0.2) is 30.3 Å². The highest BCUT2D eigenvalue weighted by Gasteiger charge is 2.18. The summed E-state index contributed by atoms with van der Waals surface area (Å²) in [5, 5.41) is 4.13. The van der Waals surface area contributed by atoms with Gasteiger partial charge in [-0.3, -0.25) is 9.48 Å². The van der Waals surface area contributed by atoms with Crippen molar-refractivity contribution in [2.24, 2.45) is 7.05 Å². The first-order chi connectivity index (χ1) is 7.61. The molecular weight excluding hydrogens is 202 g/mol. The number of anilines is 1. The molecule has 0 bridgehead atoms. The molecule has 1 aromatic carbocycles. The molecule has 2 rings (SSSR count). The molecule has 16 heavy (non-hydrogen) atoms. The molecule has 0 aliphatic rings. The maximum absolute atomic E-state index is 12.2. The van der Waals surface area contributed by atoms with Crippen molar-refractivity contribution in [1.29, 1.82) is 0 Å². The molecule has 1 aromatic heterocycles. The van der Waals surface area contributed by atoms with Crippen molar-refractivity contribution in [3.63, 3.8) is 0 Å². The quantitative estimate of drug-likeness (QED) is 0.773. The van der Waals surface area contributed by atoms with E-state index in [1.807, 2.05) is 18.2 Å². The zero-order chi connectivity index (χ0) is 11.7. The second kappa shape index (κ2) is 3.81. The van der Waals surface area contributed by atoms with E-state index in [1.165, 1.54) is 4.68 Å². The average Bonchev–Trinajstić information content (AvgIpc) is 2.54. The minimum absolute atomic E-state index is 0.0961. The summed E-state index contributed by atoms with van der Waals surface area (Å²) in [5.41, 5.74) is 8.04. The number of carbonyl (C=O) groups is 1. The number of hydrogen-bond donors (Lipinski definition) is 1. The van der Waals surface area contributed by atoms with E-state index >= 15 is 0 Å². The molecule has 0 amide bonds. The Kier molecular flexibility index (Phi) is 2.48. The van der Waals surface area contributed by atoms with Gasteiger partial charge < -0.3 is 5.73 Å². The van der Waals surface area contributed by atoms with Crippen LogP contribution in [0.2, 0.25) is 0 Å². The van der Waals surface area contributed by atoms with Crippen molar-refractivity contribution in [1.82, 2.24) is 9.78 Å². The second-order valence-electron chi connectivity index (χ2n) is 3.67. The number of carbonyl (C=O) groups excluding carboxylic acids is 1. The van der Waals surface area contributed by atoms with Crippen molar-refractivity contribution in [3.8, 4) is 0 Å². The standard InChI is InChI=1S/C12H13N3O/c1-8-10(13)11(15(2)14-8)12(16)9-6-4-3-5-7-9/h3-7H,13H2,1-2H3. The Morgan fingerprint density at radius 2 is 1.94 bits per heavy atom. The summed E-state index contributed by atoms with van der Waals surface area (Å²) in [6, 6.07) is 9.06. The number of nitrogen functional groups attached to an aromatic ring is 1. The van der Waals surface area contributed by atoms with Gasteiger partial charge in [0, 0.05) is 12.6 Å². The van der Waals surface area contributed by atoms with E-state index in [0.717, 1.165) is 0 Å². The molecule has 0 aliphatic heterocycles. The largest absolute Gasteiger partial charge is 0.395 e. The van der Waals surface area contributed by atoms with Crippen molar-refractivity contribution < 1.29 is 4.79 Å². The first-order valence-corrected chi connectivity index (χ1v) is 5.00. The average molecular weight is 215 g/mol. The van der Waals surface area contributed by atoms with Crippen molar-refractivity contribution in [3.05, 3.63) is 47.3 Å². The second-order valence-corrected chi connectivity index (χ2v) is 3.67. The summed E-state index contributed by atoms with van der Waals surface area (Å²) in [5.74, 6) is -0.0961. The lowest BCUT2D eigenvalue weighted by Gasteiger charge is -2.02. The third-order valence-electron chi connectivity index (χ3n) is 2.52. The van der Waals surface area contributed by atoms with E-state index in [2.05, 4.69) is 5.10 Å². The van der Waals surface area contributed by atoms with Crippen LogP contribution in [0.1, 0.15) is 21.7 Å². The predicted octanol–water partition coefficient (Wildman–Crippen LogP) is 1.54. The zero-order valence-electron chi connectivity index (χ0n) is 9.27. The Morgan fingerprint density at radius 1 is 1.31 bits per heavy atom. The molecule has 1 heterocycles. The number of aromatic nitrogens is 2. The van der Waals surface area contributed by atoms with Crippen LogP contribution < -0.4 is 5.73 Å². The summed E-state index contributed by atoms with van der Waals surface area (Å²) in [4.78, 5) is 12.2. The van der Waals surface area contributed by atoms with Gasteiger partial charge in [-0.2, -0.15) is 5.10 Å². The zero-order valence-corrected chi connectivity index (χ0v) is 9.27. The van der Waals surface area contributed by atoms with Gasteiger partial charge in [0.25, 0.3) is 0 Å². The van der Waals surface area contributed by atoms with Gasteiger partial charge in [0.2, 0.25) is 5.78 Å². The first-order valence-electron chi connectivity index (χ1n) is 5.00. The fourth-order valence-electron chi connectivity index (χ4n) is 1.67. The number of nitrogens with two attached hydrogens (primary N) is 1. The van der Waals surface area contributed by atoms with Gasteiger partial charge in [-0.25, -0.2) is 0 Å². The molecule has 2 aromatic rings. The molecule has 0 aliphatic carbocycles. The number of ketones is 1. The molecule has 0 saturated carbocycles. The van der Waals surface area contributed by atoms with Crippen molar-refractivity contribution >= 4 is 11.5 Å². The van der Waals surface area contributed by atoms with Crippen LogP contribution in [0, 0.1) is 6.92 Å². The Balaban J connectivity index is 2.50. The van der Waals surface area contributed by atoms with Crippen molar-refractivity contribution in [2.45, 2.75) is 6.92 Å². The highest BCUT2D eigenvalue weighted by molar-refractivity contribution is 6.11. The third-order valence-corrected chi connectivity index (χ3v) is 2.52. The Morgan fingerprint density at radius 3 is 2.44 bits per heavy atom. The summed E-state index contributed by atoms with van der Waals surface area (Å²) >= 11 is 0. The summed E-state index contributed by atoms with van der Waals surface area (Å²) < 4.78 is 1.53. The van der Waals surface area contributed by atoms with E-state index in [0.29, 0.717) is 22.6 Å². The molecule has 4 heteroatoms. The van der Waals surface area contributed by atoms with E-state index in [1.54, 1.807) is 26.1 Å². The lowest BCUT2D eigenvalue weighted by molar-refractivity contribution is 0.103. The fourth-order valence-corrected chi connectivity index (χ4v) is 1.67. The van der Waals surface area contributed by atoms with Crippen LogP contribution in [-0.4, -0.2) is 15.6 Å². The molecule has 0 atom stereocenters. The minimum atomic E-state index is -0.0961. The number of hydrogen-bond acceptors (Lipinski definition) is 3. The molecule has 82 valence electrons. The normalized spacial score (nSPS) is 10.4. The minimum Gasteiger partial charge on any atom is -0.395 e. The van der Waals surface area contributed by atoms with Gasteiger partial charge in [0.1, 0.15) is 5.69 Å². The maximum Gasteiger partial charge on any atom is 0.213 e. The summed E-state index contributed by atoms with van der Waals surface area (Å²) in [6.07, 6.45) is 0. The molecule has 0 radical (unpaired) electrons. The Hall–Kier alpha value is -2.10. The fraction of sp³-hybridized carbons (Fsp3) is 0.167. The van der Waals surface area contributed by atoms with Crippen LogP contribution in [0.4, 0.5) is 5.69 Å². The molecule has 0 spiro atoms. The molecule has 0 fully saturated rings. The smallest absolute Gasteiger partial charge is 0.213 e. The predicted molar refractivity (Wildman–Crippen MR) is 62.2 cm³/mol. The van der Waals surface area contributed by atoms with Gasteiger partial charge in [-0.15, -0.1) is 0 Å². The summed E-state index contributed by atoms with van der Waals surface area (Å²) in [7, 11) is 1.72. The van der Waals surface area contributed by atoms with Crippen molar-refractivity contribution in [2.75, 3.05) is 5.73 Å². The van der Waals surface area contributed by atoms with Crippen LogP contribution >= 0.6 is 0 Å². The number of nitrogens with zero attached hydrogens (tertiary/aromatic N) is 2. The van der Waals surface area contributed by atoms with Gasteiger partial charge in [0.05, 0.1) is 11.4 Å². The van der Waals surface area contributed by atoms with Gasteiger partial charge >= 0.3 is 0 Å². The monoisotopic (exact) mass is 215 g/mol. The van der Waals surface area contributed by atoms with Crippen LogP contribution in [-0.2, 0) is 7.05 Å². The Labute approximate surface area is 93.7 Å². The van der Waals surface area contributed by atoms with Crippen LogP contribution in [0.25, 0.3) is 0 Å². The molecule has 4 nitrogen and oxygen atoms in total. The molecular formula is C12H13N3O. The SMILES string of the molecule is Cc1nn(C)c(C(=O)c2ccccc2)c1N. The lowest BCUT2D eigenvalue weighted by Crippen LogP contribution is -2.10. The van der Waals surface area contributed by atoms with E-state index in [4.69, 9.17) is 5.73 Å². The van der Waals surface area contributed by atoms with Crippen LogP contribution in [0.3, 0.4) is 0 Å². The van der Waals surface area contributed by atoms with Gasteiger partial charge in [0.15, 0.2) is 0 Å². The maximum atomic E-state index is 12.2. The topological polar surface area (TPSA) is 60.9 Å². The van der Waals surface area contributed by atoms with E-state index in [9.17, 15) is 4.79 Å². The Bertz CT molecular complexity index is 529. The lowest BCUT2D eigenvalue weighted by atomic mass is 10.1. The van der Waals surface area contributed by atoms with Crippen LogP contribution in [0.5, 0.6) is 0 Å². The molecule has 0 unspecified atom stereocenters. The number of rotatable bonds is 2. The first kappa shape index (κ1) is 10.4. The summed E-state index contributed by atoms with van der Waals surface area (Å²) in [6.45, 7) is 1.79. The van der Waals surface area contributed by atoms with Gasteiger partial charge in [-0.05, 0) is 6.92 Å². The van der Waals surface area contributed by atoms with E-state index in [-0.39, 0.29) is 5.78 Å². The van der Waals surface area contributed by atoms with E-state index < -0.39 is 0 Å². The number of aryl methyl sites for hydroxylation is 2. The molecule has 2 N–H and O–H groups in total. The highest BCUT2D eigenvalue weighted by Crippen LogP contribution is 2.18. The van der Waals surface area contributed by atoms with Gasteiger partial charge in [-0.1, -0.05) is 30.3 Å². The highest BCUT2D eigenvalue weighted by atomic mass is 16.1. The number of benzene rings is 1.